The first-order valence-corrected chi connectivity index (χ1v) is 17.5. The maximum absolute atomic E-state index is 12.7. The summed E-state index contributed by atoms with van der Waals surface area (Å²) in [6.07, 6.45) is 2.00. The Bertz CT molecular complexity index is 1200. The summed E-state index contributed by atoms with van der Waals surface area (Å²) in [7, 11) is 0. The molecule has 5 N–H and O–H groups in total. The summed E-state index contributed by atoms with van der Waals surface area (Å²) in [5.41, 5.74) is -1.39. The first kappa shape index (κ1) is 30.9. The van der Waals surface area contributed by atoms with Gasteiger partial charge in [0.15, 0.2) is 12.1 Å². The van der Waals surface area contributed by atoms with Crippen molar-refractivity contribution in [1.29, 1.82) is 0 Å². The smallest absolute Gasteiger partial charge is 0.199 e. The SMILES string of the molecule is C[C@@H]1C[C@H]2O[C@@]3(O[C@@H]2C(C)(C)O)[C@H](O)[C@@]2(C)[C@H]4CC[C@@H]5C(C)(C)[C@@H](O[C@@H]6OC[C@H](O)[C@H](O)[C@H]6O)CC[C@@]56C[C@@]46CC[C@]2(C)[C@@H]13. The predicted molar refractivity (Wildman–Crippen MR) is 159 cm³/mol. The number of rotatable bonds is 3. The molecule has 0 unspecified atom stereocenters. The van der Waals surface area contributed by atoms with Gasteiger partial charge in [0.25, 0.3) is 0 Å². The summed E-state index contributed by atoms with van der Waals surface area (Å²) < 4.78 is 25.8. The van der Waals surface area contributed by atoms with Crippen LogP contribution in [-0.4, -0.2) is 92.5 Å². The maximum Gasteiger partial charge on any atom is 0.199 e. The largest absolute Gasteiger partial charge is 0.388 e. The molecule has 3 heterocycles. The van der Waals surface area contributed by atoms with E-state index in [-0.39, 0.29) is 51.8 Å². The minimum Gasteiger partial charge on any atom is -0.388 e. The number of aliphatic hydroxyl groups excluding tert-OH is 4. The molecule has 0 amide bonds. The van der Waals surface area contributed by atoms with E-state index < -0.39 is 48.2 Å². The number of aliphatic hydroxyl groups is 5. The molecule has 5 saturated carbocycles. The van der Waals surface area contributed by atoms with E-state index >= 15 is 0 Å². The van der Waals surface area contributed by atoms with Gasteiger partial charge in [0.1, 0.15) is 30.5 Å². The molecular formula is C35H56O9. The van der Waals surface area contributed by atoms with Gasteiger partial charge >= 0.3 is 0 Å². The highest BCUT2D eigenvalue weighted by Gasteiger charge is 2.88. The van der Waals surface area contributed by atoms with Crippen LogP contribution in [0, 0.1) is 50.7 Å². The minimum absolute atomic E-state index is 0.0559. The van der Waals surface area contributed by atoms with Crippen LogP contribution in [0.4, 0.5) is 0 Å². The lowest BCUT2D eigenvalue weighted by atomic mass is 9.41. The van der Waals surface area contributed by atoms with Gasteiger partial charge in [0.05, 0.1) is 24.4 Å². The van der Waals surface area contributed by atoms with Crippen LogP contribution < -0.4 is 0 Å². The van der Waals surface area contributed by atoms with Gasteiger partial charge in [-0.05, 0) is 105 Å². The highest BCUT2D eigenvalue weighted by atomic mass is 16.8. The van der Waals surface area contributed by atoms with Crippen LogP contribution >= 0.6 is 0 Å². The molecule has 250 valence electrons. The third-order valence-corrected chi connectivity index (χ3v) is 15.9. The molecule has 3 aliphatic heterocycles. The van der Waals surface area contributed by atoms with Gasteiger partial charge in [0.2, 0.25) is 0 Å². The lowest BCUT2D eigenvalue weighted by Gasteiger charge is -2.63. The molecule has 3 spiro atoms. The molecule has 8 aliphatic rings. The van der Waals surface area contributed by atoms with Crippen molar-refractivity contribution in [3.05, 3.63) is 0 Å². The lowest BCUT2D eigenvalue weighted by Crippen LogP contribution is -2.61. The van der Waals surface area contributed by atoms with Gasteiger partial charge in [-0.1, -0.05) is 34.6 Å². The van der Waals surface area contributed by atoms with Gasteiger partial charge in [-0.15, -0.1) is 0 Å². The van der Waals surface area contributed by atoms with Crippen molar-refractivity contribution < 1.29 is 44.5 Å². The van der Waals surface area contributed by atoms with Gasteiger partial charge in [-0.2, -0.15) is 0 Å². The van der Waals surface area contributed by atoms with E-state index in [1.54, 1.807) is 13.8 Å². The van der Waals surface area contributed by atoms with Crippen molar-refractivity contribution >= 4 is 0 Å². The summed E-state index contributed by atoms with van der Waals surface area (Å²) in [6, 6.07) is 0. The van der Waals surface area contributed by atoms with Crippen LogP contribution in [0.15, 0.2) is 0 Å². The Hall–Kier alpha value is -0.360. The Morgan fingerprint density at radius 2 is 1.52 bits per heavy atom. The normalized spacial score (nSPS) is 62.2. The lowest BCUT2D eigenvalue weighted by molar-refractivity contribution is -0.303. The summed E-state index contributed by atoms with van der Waals surface area (Å²) in [5.74, 6) is 0.108. The summed E-state index contributed by atoms with van der Waals surface area (Å²) in [6.45, 7) is 15.2. The van der Waals surface area contributed by atoms with E-state index in [1.165, 1.54) is 6.42 Å². The fraction of sp³-hybridized carbons (Fsp3) is 1.00. The maximum atomic E-state index is 12.7. The van der Waals surface area contributed by atoms with Crippen molar-refractivity contribution in [1.82, 2.24) is 0 Å². The third kappa shape index (κ3) is 3.38. The van der Waals surface area contributed by atoms with E-state index in [0.29, 0.717) is 17.8 Å². The highest BCUT2D eigenvalue weighted by Crippen LogP contribution is 2.90. The fourth-order valence-electron chi connectivity index (χ4n) is 14.0. The van der Waals surface area contributed by atoms with Crippen molar-refractivity contribution in [3.63, 3.8) is 0 Å². The second-order valence-electron chi connectivity index (χ2n) is 18.3. The minimum atomic E-state index is -1.28. The quantitative estimate of drug-likeness (QED) is 0.301. The fourth-order valence-corrected chi connectivity index (χ4v) is 14.0. The van der Waals surface area contributed by atoms with E-state index in [1.807, 2.05) is 0 Å². The molecule has 0 radical (unpaired) electrons. The van der Waals surface area contributed by atoms with Crippen molar-refractivity contribution in [2.45, 2.75) is 160 Å². The summed E-state index contributed by atoms with van der Waals surface area (Å²) in [4.78, 5) is 0. The molecule has 8 rings (SSSR count). The van der Waals surface area contributed by atoms with Crippen LogP contribution in [0.3, 0.4) is 0 Å². The van der Waals surface area contributed by atoms with Gasteiger partial charge in [0, 0.05) is 11.3 Å². The van der Waals surface area contributed by atoms with Crippen molar-refractivity contribution in [2.24, 2.45) is 50.7 Å². The summed E-state index contributed by atoms with van der Waals surface area (Å²) in [5, 5.41) is 54.5. The molecule has 0 aromatic rings. The monoisotopic (exact) mass is 620 g/mol. The Morgan fingerprint density at radius 1 is 0.841 bits per heavy atom. The topological polar surface area (TPSA) is 138 Å². The van der Waals surface area contributed by atoms with Crippen LogP contribution in [0.2, 0.25) is 0 Å². The van der Waals surface area contributed by atoms with E-state index in [9.17, 15) is 25.5 Å². The molecule has 0 aromatic heterocycles. The molecule has 17 atom stereocenters. The molecule has 9 heteroatoms. The zero-order valence-electron chi connectivity index (χ0n) is 27.7. The average molecular weight is 621 g/mol. The second kappa shape index (κ2) is 9.00. The van der Waals surface area contributed by atoms with Crippen LogP contribution in [-0.2, 0) is 18.9 Å². The number of fused-ring (bicyclic) bond motifs is 4. The number of ether oxygens (including phenoxy) is 4. The zero-order valence-corrected chi connectivity index (χ0v) is 27.7. The number of hydrogen-bond acceptors (Lipinski definition) is 9. The van der Waals surface area contributed by atoms with Crippen LogP contribution in [0.1, 0.15) is 99.8 Å². The Balaban J connectivity index is 1.10. The molecule has 5 aliphatic carbocycles. The first-order chi connectivity index (χ1) is 20.4. The molecule has 8 fully saturated rings. The Labute approximate surface area is 262 Å². The van der Waals surface area contributed by atoms with Crippen molar-refractivity contribution in [2.75, 3.05) is 6.61 Å². The average Bonchev–Trinajstić information content (AvgIpc) is 3.45. The second-order valence-corrected chi connectivity index (χ2v) is 18.3. The van der Waals surface area contributed by atoms with Gasteiger partial charge in [-0.25, -0.2) is 0 Å². The molecule has 44 heavy (non-hydrogen) atoms. The van der Waals surface area contributed by atoms with E-state index in [4.69, 9.17) is 18.9 Å². The van der Waals surface area contributed by atoms with Gasteiger partial charge < -0.3 is 44.5 Å². The van der Waals surface area contributed by atoms with E-state index in [0.717, 1.165) is 44.9 Å². The van der Waals surface area contributed by atoms with E-state index in [2.05, 4.69) is 34.6 Å². The molecular weight excluding hydrogens is 564 g/mol. The van der Waals surface area contributed by atoms with Gasteiger partial charge in [-0.3, -0.25) is 0 Å². The third-order valence-electron chi connectivity index (χ3n) is 15.9. The Morgan fingerprint density at radius 3 is 2.23 bits per heavy atom. The molecule has 2 bridgehead atoms. The molecule has 3 saturated heterocycles. The molecule has 0 aromatic carbocycles. The standard InChI is InChI=1S/C35H56O9/c1-17-14-19-26(30(4,5)40)44-35(43-19)25(17)31(6)12-13-34-16-33(34)11-10-22(42-27-24(38)23(37)18(36)15-41-27)29(2,3)20(33)8-9-21(34)32(31,7)28(35)39/h17-28,36-40H,8-16H2,1-7H3/t17-,18+,19-,20-,21-,22+,23+,24-,25-,26+,27+,28-,31-,32-,33-,34+,35+/m1/s1. The predicted octanol–water partition coefficient (Wildman–Crippen LogP) is 3.12. The number of hydrogen-bond donors (Lipinski definition) is 5. The highest BCUT2D eigenvalue weighted by molar-refractivity contribution is 5.34. The van der Waals surface area contributed by atoms with Crippen molar-refractivity contribution in [3.8, 4) is 0 Å². The first-order valence-electron chi connectivity index (χ1n) is 17.5. The molecule has 9 nitrogen and oxygen atoms in total. The van der Waals surface area contributed by atoms with Crippen LogP contribution in [0.25, 0.3) is 0 Å². The van der Waals surface area contributed by atoms with Crippen LogP contribution in [0.5, 0.6) is 0 Å². The zero-order chi connectivity index (χ0) is 31.6. The Kier molecular flexibility index (Phi) is 6.33. The summed E-state index contributed by atoms with van der Waals surface area (Å²) >= 11 is 0.